The number of rotatable bonds is 4. The molecule has 0 amide bonds. The molecule has 3 nitrogen and oxygen atoms in total. The van der Waals surface area contributed by atoms with E-state index in [1.807, 2.05) is 38.2 Å². The van der Waals surface area contributed by atoms with E-state index in [9.17, 15) is 5.11 Å². The minimum absolute atomic E-state index is 0.0653. The molecule has 0 aliphatic carbocycles. The van der Waals surface area contributed by atoms with Gasteiger partial charge >= 0.3 is 0 Å². The Balaban J connectivity index is 2.95. The van der Waals surface area contributed by atoms with Gasteiger partial charge in [0.15, 0.2) is 0 Å². The fourth-order valence-electron chi connectivity index (χ4n) is 1.27. The van der Waals surface area contributed by atoms with Crippen molar-refractivity contribution in [1.82, 2.24) is 5.32 Å². The van der Waals surface area contributed by atoms with E-state index in [2.05, 4.69) is 5.32 Å². The predicted molar refractivity (Wildman–Crippen MR) is 56.5 cm³/mol. The van der Waals surface area contributed by atoms with Crippen molar-refractivity contribution in [2.75, 3.05) is 20.8 Å². The smallest absolute Gasteiger partial charge is 0.118 e. The summed E-state index contributed by atoms with van der Waals surface area (Å²) in [5.41, 5.74) is 0.662. The summed E-state index contributed by atoms with van der Waals surface area (Å²) in [7, 11) is 3.47. The number of ether oxygens (including phenoxy) is 1. The van der Waals surface area contributed by atoms with Crippen LogP contribution in [-0.2, 0) is 5.54 Å². The Bertz CT molecular complexity index is 278. The highest BCUT2D eigenvalue weighted by atomic mass is 16.5. The van der Waals surface area contributed by atoms with E-state index in [1.54, 1.807) is 7.11 Å². The summed E-state index contributed by atoms with van der Waals surface area (Å²) in [6.45, 7) is 2.02. The van der Waals surface area contributed by atoms with Crippen LogP contribution in [0.5, 0.6) is 5.75 Å². The van der Waals surface area contributed by atoms with Gasteiger partial charge in [-0.15, -0.1) is 0 Å². The average molecular weight is 195 g/mol. The van der Waals surface area contributed by atoms with Gasteiger partial charge in [0.1, 0.15) is 5.75 Å². The lowest BCUT2D eigenvalue weighted by atomic mass is 9.93. The van der Waals surface area contributed by atoms with Crippen LogP contribution in [0.15, 0.2) is 24.3 Å². The van der Waals surface area contributed by atoms with E-state index in [1.165, 1.54) is 0 Å². The van der Waals surface area contributed by atoms with E-state index in [-0.39, 0.29) is 12.1 Å². The SMILES string of the molecule is CNC(C)(CO)c1ccc(OC)cc1. The van der Waals surface area contributed by atoms with Gasteiger partial charge in [0.05, 0.1) is 19.3 Å². The Kier molecular flexibility index (Phi) is 3.49. The Labute approximate surface area is 84.7 Å². The highest BCUT2D eigenvalue weighted by molar-refractivity contribution is 5.31. The van der Waals surface area contributed by atoms with Gasteiger partial charge in [0, 0.05) is 0 Å². The average Bonchev–Trinajstić information content (AvgIpc) is 2.28. The second kappa shape index (κ2) is 4.44. The first-order chi connectivity index (χ1) is 6.66. The molecular formula is C11H17NO2. The number of methoxy groups -OCH3 is 1. The molecule has 1 atom stereocenters. The molecule has 0 radical (unpaired) electrons. The summed E-state index contributed by atoms with van der Waals surface area (Å²) in [6.07, 6.45) is 0. The third kappa shape index (κ3) is 2.05. The number of nitrogens with one attached hydrogen (secondary N) is 1. The quantitative estimate of drug-likeness (QED) is 0.756. The zero-order chi connectivity index (χ0) is 10.6. The minimum Gasteiger partial charge on any atom is -0.497 e. The highest BCUT2D eigenvalue weighted by Gasteiger charge is 2.22. The zero-order valence-electron chi connectivity index (χ0n) is 8.87. The van der Waals surface area contributed by atoms with Gasteiger partial charge in [0.2, 0.25) is 0 Å². The molecule has 14 heavy (non-hydrogen) atoms. The number of hydrogen-bond donors (Lipinski definition) is 2. The number of aliphatic hydroxyl groups excluding tert-OH is 1. The molecule has 0 saturated heterocycles. The van der Waals surface area contributed by atoms with Crippen LogP contribution in [0.4, 0.5) is 0 Å². The van der Waals surface area contributed by atoms with Crippen molar-refractivity contribution in [2.45, 2.75) is 12.5 Å². The Morgan fingerprint density at radius 1 is 1.36 bits per heavy atom. The van der Waals surface area contributed by atoms with Crippen LogP contribution in [0.2, 0.25) is 0 Å². The summed E-state index contributed by atoms with van der Waals surface area (Å²) < 4.78 is 5.07. The molecule has 0 fully saturated rings. The summed E-state index contributed by atoms with van der Waals surface area (Å²) in [6, 6.07) is 7.68. The zero-order valence-corrected chi connectivity index (χ0v) is 8.87. The maximum Gasteiger partial charge on any atom is 0.118 e. The van der Waals surface area contributed by atoms with Gasteiger partial charge < -0.3 is 15.2 Å². The van der Waals surface area contributed by atoms with Crippen LogP contribution in [0, 0.1) is 0 Å². The molecule has 2 N–H and O–H groups in total. The fourth-order valence-corrected chi connectivity index (χ4v) is 1.27. The first kappa shape index (κ1) is 11.0. The van der Waals surface area contributed by atoms with E-state index in [0.717, 1.165) is 11.3 Å². The van der Waals surface area contributed by atoms with Crippen LogP contribution < -0.4 is 10.1 Å². The lowest BCUT2D eigenvalue weighted by Gasteiger charge is -2.27. The van der Waals surface area contributed by atoms with Gasteiger partial charge in [0.25, 0.3) is 0 Å². The molecule has 0 bridgehead atoms. The van der Waals surface area contributed by atoms with Crippen molar-refractivity contribution in [3.05, 3.63) is 29.8 Å². The van der Waals surface area contributed by atoms with Gasteiger partial charge in [-0.05, 0) is 31.7 Å². The minimum atomic E-state index is -0.383. The van der Waals surface area contributed by atoms with Crippen LogP contribution in [0.1, 0.15) is 12.5 Å². The standard InChI is InChI=1S/C11H17NO2/c1-11(8-13,12-2)9-4-6-10(14-3)7-5-9/h4-7,12-13H,8H2,1-3H3. The molecule has 1 rings (SSSR count). The van der Waals surface area contributed by atoms with Crippen molar-refractivity contribution < 1.29 is 9.84 Å². The first-order valence-corrected chi connectivity index (χ1v) is 4.60. The third-order valence-corrected chi connectivity index (χ3v) is 2.60. The van der Waals surface area contributed by atoms with Crippen molar-refractivity contribution >= 4 is 0 Å². The summed E-state index contributed by atoms with van der Waals surface area (Å²) in [5, 5.41) is 12.4. The molecule has 0 saturated carbocycles. The number of benzene rings is 1. The molecule has 78 valence electrons. The first-order valence-electron chi connectivity index (χ1n) is 4.60. The van der Waals surface area contributed by atoms with Crippen LogP contribution in [0.3, 0.4) is 0 Å². The van der Waals surface area contributed by atoms with Crippen LogP contribution >= 0.6 is 0 Å². The van der Waals surface area contributed by atoms with Gasteiger partial charge in [-0.3, -0.25) is 0 Å². The number of hydrogen-bond acceptors (Lipinski definition) is 3. The normalized spacial score (nSPS) is 14.9. The molecule has 0 aromatic heterocycles. The molecule has 0 spiro atoms. The summed E-state index contributed by atoms with van der Waals surface area (Å²) >= 11 is 0. The fraction of sp³-hybridized carbons (Fsp3) is 0.455. The highest BCUT2D eigenvalue weighted by Crippen LogP contribution is 2.22. The Morgan fingerprint density at radius 2 is 1.93 bits per heavy atom. The second-order valence-electron chi connectivity index (χ2n) is 3.47. The lowest BCUT2D eigenvalue weighted by molar-refractivity contribution is 0.183. The summed E-state index contributed by atoms with van der Waals surface area (Å²) in [5.74, 6) is 0.824. The van der Waals surface area contributed by atoms with E-state index >= 15 is 0 Å². The van der Waals surface area contributed by atoms with Gasteiger partial charge in [-0.2, -0.15) is 0 Å². The number of likely N-dealkylation sites (N-methyl/N-ethyl adjacent to an activating group) is 1. The Morgan fingerprint density at radius 3 is 2.29 bits per heavy atom. The monoisotopic (exact) mass is 195 g/mol. The topological polar surface area (TPSA) is 41.5 Å². The summed E-state index contributed by atoms with van der Waals surface area (Å²) in [4.78, 5) is 0. The molecule has 0 heterocycles. The van der Waals surface area contributed by atoms with Crippen LogP contribution in [-0.4, -0.2) is 25.9 Å². The molecule has 1 aromatic rings. The predicted octanol–water partition coefficient (Wildman–Crippen LogP) is 1.12. The largest absolute Gasteiger partial charge is 0.497 e. The van der Waals surface area contributed by atoms with Crippen molar-refractivity contribution in [3.8, 4) is 5.75 Å². The molecule has 0 aliphatic heterocycles. The molecule has 1 unspecified atom stereocenters. The van der Waals surface area contributed by atoms with Crippen molar-refractivity contribution in [1.29, 1.82) is 0 Å². The number of aliphatic hydroxyl groups is 1. The molecule has 0 aliphatic rings. The Hall–Kier alpha value is -1.06. The van der Waals surface area contributed by atoms with Crippen molar-refractivity contribution in [3.63, 3.8) is 0 Å². The maximum absolute atomic E-state index is 9.27. The van der Waals surface area contributed by atoms with E-state index < -0.39 is 0 Å². The van der Waals surface area contributed by atoms with E-state index in [4.69, 9.17) is 4.74 Å². The van der Waals surface area contributed by atoms with Crippen molar-refractivity contribution in [2.24, 2.45) is 0 Å². The molecular weight excluding hydrogens is 178 g/mol. The van der Waals surface area contributed by atoms with Crippen LogP contribution in [0.25, 0.3) is 0 Å². The van der Waals surface area contributed by atoms with Gasteiger partial charge in [-0.1, -0.05) is 12.1 Å². The lowest BCUT2D eigenvalue weighted by Crippen LogP contribution is -2.40. The second-order valence-corrected chi connectivity index (χ2v) is 3.47. The van der Waals surface area contributed by atoms with E-state index in [0.29, 0.717) is 0 Å². The van der Waals surface area contributed by atoms with Gasteiger partial charge in [-0.25, -0.2) is 0 Å². The molecule has 1 aromatic carbocycles. The maximum atomic E-state index is 9.27. The molecule has 3 heteroatoms. The third-order valence-electron chi connectivity index (χ3n) is 2.60.